The lowest BCUT2D eigenvalue weighted by Gasteiger charge is -2.15. The van der Waals surface area contributed by atoms with Crippen molar-refractivity contribution in [2.75, 3.05) is 5.75 Å². The van der Waals surface area contributed by atoms with E-state index in [9.17, 15) is 9.59 Å². The molecule has 0 saturated heterocycles. The van der Waals surface area contributed by atoms with Crippen LogP contribution < -0.4 is 0 Å². The van der Waals surface area contributed by atoms with Crippen molar-refractivity contribution in [1.29, 1.82) is 5.26 Å². The van der Waals surface area contributed by atoms with Gasteiger partial charge in [-0.3, -0.25) is 9.59 Å². The number of benzene rings is 1. The van der Waals surface area contributed by atoms with E-state index in [0.717, 1.165) is 16.2 Å². The number of ketones is 1. The molecular weight excluding hydrogens is 352 g/mol. The van der Waals surface area contributed by atoms with Gasteiger partial charge in [-0.2, -0.15) is 5.26 Å². The monoisotopic (exact) mass is 362 g/mol. The molecule has 0 spiro atoms. The fraction of sp³-hybridized carbons (Fsp3) is 0.200. The number of allylic oxidation sites excluding steroid dienone is 1. The summed E-state index contributed by atoms with van der Waals surface area (Å²) >= 11 is 4.46. The lowest BCUT2D eigenvalue weighted by Crippen LogP contribution is -2.19. The maximum atomic E-state index is 12.1. The summed E-state index contributed by atoms with van der Waals surface area (Å²) in [6, 6.07) is 9.16. The van der Waals surface area contributed by atoms with Crippen LogP contribution in [0.2, 0.25) is 0 Å². The molecule has 0 aromatic heterocycles. The number of rotatable bonds is 3. The van der Waals surface area contributed by atoms with Gasteiger partial charge in [-0.1, -0.05) is 28.1 Å². The van der Waals surface area contributed by atoms with Crippen molar-refractivity contribution < 1.29 is 9.59 Å². The van der Waals surface area contributed by atoms with Gasteiger partial charge in [-0.15, -0.1) is 11.8 Å². The van der Waals surface area contributed by atoms with Crippen LogP contribution in [-0.2, 0) is 4.79 Å². The molecule has 2 rings (SSSR count). The number of thioether (sulfide) groups is 1. The third kappa shape index (κ3) is 3.90. The molecule has 0 aliphatic carbocycles. The molecule has 4 nitrogen and oxygen atoms in total. The molecule has 1 aliphatic heterocycles. The van der Waals surface area contributed by atoms with Crippen molar-refractivity contribution in [2.45, 2.75) is 6.92 Å². The highest BCUT2D eigenvalue weighted by molar-refractivity contribution is 9.10. The Morgan fingerprint density at radius 2 is 2.10 bits per heavy atom. The molecule has 0 saturated carbocycles. The van der Waals surface area contributed by atoms with Crippen LogP contribution in [0.4, 0.5) is 0 Å². The van der Waals surface area contributed by atoms with Crippen LogP contribution in [0, 0.1) is 17.2 Å². The fourth-order valence-electron chi connectivity index (χ4n) is 1.81. The first-order valence-electron chi connectivity index (χ1n) is 6.13. The quantitative estimate of drug-likeness (QED) is 0.772. The fourth-order valence-corrected chi connectivity index (χ4v) is 3.08. The van der Waals surface area contributed by atoms with Crippen molar-refractivity contribution in [3.05, 3.63) is 46.0 Å². The molecule has 0 N–H and O–H groups in total. The van der Waals surface area contributed by atoms with Crippen molar-refractivity contribution in [3.63, 3.8) is 0 Å². The Kier molecular flexibility index (Phi) is 5.10. The van der Waals surface area contributed by atoms with Crippen LogP contribution in [0.15, 0.2) is 45.4 Å². The van der Waals surface area contributed by atoms with E-state index in [1.54, 1.807) is 31.2 Å². The highest BCUT2D eigenvalue weighted by Gasteiger charge is 2.24. The van der Waals surface area contributed by atoms with E-state index in [1.165, 1.54) is 6.08 Å². The van der Waals surface area contributed by atoms with Crippen LogP contribution in [0.25, 0.3) is 0 Å². The number of nitrogens with zero attached hydrogens (tertiary/aromatic N) is 2. The summed E-state index contributed by atoms with van der Waals surface area (Å²) in [6.45, 7) is 1.72. The molecule has 1 aromatic rings. The normalized spacial score (nSPS) is 17.8. The predicted molar refractivity (Wildman–Crippen MR) is 86.2 cm³/mol. The second-order valence-electron chi connectivity index (χ2n) is 4.46. The Morgan fingerprint density at radius 3 is 2.71 bits per heavy atom. The molecule has 1 atom stereocenters. The molecule has 21 heavy (non-hydrogen) atoms. The summed E-state index contributed by atoms with van der Waals surface area (Å²) in [7, 11) is 0. The summed E-state index contributed by atoms with van der Waals surface area (Å²) in [5.41, 5.74) is 1.25. The standard InChI is InChI=1S/C15H11BrN2O2S/c1-9-6-14(20)18-15(12(9)7-17)21-8-13(19)10-2-4-11(16)5-3-10/h2-6,12H,8H2,1H3. The van der Waals surface area contributed by atoms with Crippen LogP contribution in [0.1, 0.15) is 17.3 Å². The van der Waals surface area contributed by atoms with E-state index in [-0.39, 0.29) is 17.4 Å². The number of hydrogen-bond donors (Lipinski definition) is 0. The topological polar surface area (TPSA) is 70.3 Å². The first kappa shape index (κ1) is 15.7. The van der Waals surface area contributed by atoms with Gasteiger partial charge in [-0.05, 0) is 24.6 Å². The van der Waals surface area contributed by atoms with Crippen molar-refractivity contribution in [3.8, 4) is 6.07 Å². The first-order valence-corrected chi connectivity index (χ1v) is 7.91. The molecule has 1 aromatic carbocycles. The van der Waals surface area contributed by atoms with E-state index in [2.05, 4.69) is 27.0 Å². The number of nitriles is 1. The van der Waals surface area contributed by atoms with Gasteiger partial charge >= 0.3 is 0 Å². The minimum absolute atomic E-state index is 0.0634. The Labute approximate surface area is 135 Å². The molecule has 0 bridgehead atoms. The maximum Gasteiger partial charge on any atom is 0.270 e. The van der Waals surface area contributed by atoms with Crippen molar-refractivity contribution >= 4 is 44.4 Å². The van der Waals surface area contributed by atoms with Gasteiger partial charge in [0.15, 0.2) is 5.78 Å². The number of amides is 1. The molecule has 1 unspecified atom stereocenters. The molecule has 1 amide bonds. The van der Waals surface area contributed by atoms with E-state index in [4.69, 9.17) is 5.26 Å². The third-order valence-electron chi connectivity index (χ3n) is 2.92. The zero-order valence-electron chi connectivity index (χ0n) is 11.2. The van der Waals surface area contributed by atoms with Crippen LogP contribution in [0.5, 0.6) is 0 Å². The van der Waals surface area contributed by atoms with Crippen LogP contribution in [-0.4, -0.2) is 22.5 Å². The molecular formula is C15H11BrN2O2S. The van der Waals surface area contributed by atoms with Crippen LogP contribution >= 0.6 is 27.7 Å². The number of dihydropyridines is 1. The van der Waals surface area contributed by atoms with Gasteiger partial charge in [0.1, 0.15) is 5.92 Å². The van der Waals surface area contributed by atoms with Crippen molar-refractivity contribution in [2.24, 2.45) is 10.9 Å². The second kappa shape index (κ2) is 6.83. The van der Waals surface area contributed by atoms with Gasteiger partial charge in [-0.25, -0.2) is 4.99 Å². The van der Waals surface area contributed by atoms with Crippen LogP contribution in [0.3, 0.4) is 0 Å². The maximum absolute atomic E-state index is 12.1. The zero-order chi connectivity index (χ0) is 15.4. The molecule has 106 valence electrons. The Balaban J connectivity index is 2.05. The summed E-state index contributed by atoms with van der Waals surface area (Å²) in [5, 5.41) is 9.54. The summed E-state index contributed by atoms with van der Waals surface area (Å²) in [6.07, 6.45) is 1.36. The van der Waals surface area contributed by atoms with E-state index in [1.807, 2.05) is 0 Å². The number of aliphatic imine (C=N–C) groups is 1. The third-order valence-corrected chi connectivity index (χ3v) is 4.48. The lowest BCUT2D eigenvalue weighted by molar-refractivity contribution is -0.113. The number of Topliss-reactive ketones (excluding diaryl/α,β-unsaturated/α-hetero) is 1. The summed E-state index contributed by atoms with van der Waals surface area (Å²) in [4.78, 5) is 27.4. The number of hydrogen-bond acceptors (Lipinski definition) is 4. The van der Waals surface area contributed by atoms with E-state index >= 15 is 0 Å². The van der Waals surface area contributed by atoms with Crippen molar-refractivity contribution in [1.82, 2.24) is 0 Å². The highest BCUT2D eigenvalue weighted by Crippen LogP contribution is 2.24. The Morgan fingerprint density at radius 1 is 1.43 bits per heavy atom. The first-order chi connectivity index (χ1) is 10.0. The van der Waals surface area contributed by atoms with E-state index in [0.29, 0.717) is 16.2 Å². The number of halogens is 1. The minimum atomic E-state index is -0.537. The average Bonchev–Trinajstić information content (AvgIpc) is 2.45. The SMILES string of the molecule is CC1=CC(=O)N=C(SCC(=O)c2ccc(Br)cc2)C1C#N. The molecule has 1 aliphatic rings. The second-order valence-corrected chi connectivity index (χ2v) is 6.37. The molecule has 0 fully saturated rings. The Hall–Kier alpha value is -1.71. The largest absolute Gasteiger partial charge is 0.293 e. The number of carbonyl (C=O) groups excluding carboxylic acids is 2. The Bertz CT molecular complexity index is 687. The average molecular weight is 363 g/mol. The zero-order valence-corrected chi connectivity index (χ0v) is 13.6. The molecule has 1 heterocycles. The highest BCUT2D eigenvalue weighted by atomic mass is 79.9. The van der Waals surface area contributed by atoms with Gasteiger partial charge in [0, 0.05) is 16.1 Å². The van der Waals surface area contributed by atoms with Gasteiger partial charge in [0.2, 0.25) is 0 Å². The number of carbonyl (C=O) groups is 2. The summed E-state index contributed by atoms with van der Waals surface area (Å²) in [5.74, 6) is -0.825. The molecule has 6 heteroatoms. The lowest BCUT2D eigenvalue weighted by atomic mass is 10.0. The van der Waals surface area contributed by atoms with Gasteiger partial charge in [0.05, 0.1) is 16.9 Å². The van der Waals surface area contributed by atoms with Gasteiger partial charge in [0.25, 0.3) is 5.91 Å². The van der Waals surface area contributed by atoms with E-state index < -0.39 is 5.92 Å². The minimum Gasteiger partial charge on any atom is -0.293 e. The predicted octanol–water partition coefficient (Wildman–Crippen LogP) is 3.39. The smallest absolute Gasteiger partial charge is 0.270 e. The summed E-state index contributed by atoms with van der Waals surface area (Å²) < 4.78 is 0.902. The molecule has 0 radical (unpaired) electrons. The van der Waals surface area contributed by atoms with Gasteiger partial charge < -0.3 is 0 Å².